The molecule has 2 atom stereocenters. The van der Waals surface area contributed by atoms with E-state index in [0.717, 1.165) is 0 Å². The van der Waals surface area contributed by atoms with Gasteiger partial charge in [-0.15, -0.1) is 0 Å². The van der Waals surface area contributed by atoms with Crippen LogP contribution in [0.1, 0.15) is 13.8 Å². The molecule has 0 radical (unpaired) electrons. The van der Waals surface area contributed by atoms with Crippen LogP contribution in [0.25, 0.3) is 0 Å². The summed E-state index contributed by atoms with van der Waals surface area (Å²) in [5, 5.41) is -17.2. The Bertz CT molecular complexity index is 2120. The molecule has 0 aliphatic heterocycles. The molecule has 1 N–H and O–H groups in total. The van der Waals surface area contributed by atoms with Crippen molar-refractivity contribution in [1.29, 1.82) is 0 Å². The summed E-state index contributed by atoms with van der Waals surface area (Å²) in [7, 11) is -24.4. The molecule has 0 rings (SSSR count). The van der Waals surface area contributed by atoms with Crippen molar-refractivity contribution in [1.82, 2.24) is 0 Å². The monoisotopic (exact) mass is 1270 g/mol. The third kappa shape index (κ3) is 10.2. The fraction of sp³-hybridized carbons (Fsp3) is 1.00. The van der Waals surface area contributed by atoms with Gasteiger partial charge in [0, 0.05) is 8.96 Å². The Hall–Kier alpha value is -1.59. The molecular formula is C24H20F36N2NaO8PS2+2. The fourth-order valence-electron chi connectivity index (χ4n) is 4.55. The van der Waals surface area contributed by atoms with Crippen LogP contribution in [0, 0.1) is 0 Å². The van der Waals surface area contributed by atoms with Crippen LogP contribution < -0.4 is 0 Å². The average molecular weight is 1270 g/mol. The summed E-state index contributed by atoms with van der Waals surface area (Å²) < 4.78 is 551. The number of hydrogen-bond acceptors (Lipinski definition) is 7. The van der Waals surface area contributed by atoms with E-state index in [0.29, 0.717) is 0 Å². The van der Waals surface area contributed by atoms with Gasteiger partial charge in [-0.1, -0.05) is 0 Å². The number of phosphoric acid groups is 1. The molecule has 10 nitrogen and oxygen atoms in total. The molecule has 0 amide bonds. The summed E-state index contributed by atoms with van der Waals surface area (Å²) in [6.45, 7) is -17.6. The van der Waals surface area contributed by atoms with Gasteiger partial charge in [-0.25, -0.2) is 4.57 Å². The van der Waals surface area contributed by atoms with Gasteiger partial charge in [-0.3, -0.25) is 9.05 Å². The molecule has 0 aromatic rings. The third-order valence-corrected chi connectivity index (χ3v) is 14.6. The quantitative estimate of drug-likeness (QED) is 0.0393. The molecule has 0 aliphatic carbocycles. The first kappa shape index (κ1) is 74.5. The second-order valence-corrected chi connectivity index (χ2v) is 19.4. The summed E-state index contributed by atoms with van der Waals surface area (Å²) in [5.41, 5.74) is 0. The fourth-order valence-corrected chi connectivity index (χ4v) is 8.29. The van der Waals surface area contributed by atoms with Crippen LogP contribution in [0.2, 0.25) is 0 Å². The van der Waals surface area contributed by atoms with Gasteiger partial charge in [0.25, 0.3) is 0 Å². The Kier molecular flexibility index (Phi) is 20.3. The first-order chi connectivity index (χ1) is 31.0. The van der Waals surface area contributed by atoms with Crippen LogP contribution in [0.5, 0.6) is 0 Å². The second-order valence-electron chi connectivity index (χ2n) is 13.7. The van der Waals surface area contributed by atoms with Gasteiger partial charge >= 0.3 is 151 Å². The van der Waals surface area contributed by atoms with Crippen molar-refractivity contribution in [2.45, 2.75) is 108 Å². The average Bonchev–Trinajstić information content (AvgIpc) is 3.18. The Morgan fingerprint density at radius 3 is 0.689 bits per heavy atom. The molecule has 74 heavy (non-hydrogen) atoms. The molecule has 0 aromatic heterocycles. The number of phosphoric ester groups is 1. The third-order valence-electron chi connectivity index (χ3n) is 9.20. The van der Waals surface area contributed by atoms with Crippen molar-refractivity contribution in [3.63, 3.8) is 0 Å². The van der Waals surface area contributed by atoms with Crippen molar-refractivity contribution in [2.75, 3.05) is 39.4 Å². The standard InChI is InChI=1S/C24H18F36N2O8PS2.Na.H/c1-3-61(59,72(65,66)23(55,56)19(45,46)15(37,38)11(29,30)9(25,26)13(33,34)17(41,42)21(49,50)51)5-7-69-71(63,64)70-8-6-62(60,4-2)73(67,68)24(57,58)20(47,48)16(39,40)12(31,32)10(27,28)14(35,36)18(43,44)22(52,53)54;;/h3-8H2,1-2H3;;/q+1;;/p+1. The van der Waals surface area contributed by atoms with Gasteiger partial charge in [0.1, 0.15) is 26.3 Å². The van der Waals surface area contributed by atoms with Gasteiger partial charge < -0.3 is 4.89 Å². The number of rotatable bonds is 26. The van der Waals surface area contributed by atoms with E-state index in [-0.39, 0.29) is 43.4 Å². The van der Waals surface area contributed by atoms with Crippen molar-refractivity contribution in [2.24, 2.45) is 0 Å². The Balaban J connectivity index is 0. The van der Waals surface area contributed by atoms with E-state index in [1.165, 1.54) is 0 Å². The molecule has 0 spiro atoms. The summed E-state index contributed by atoms with van der Waals surface area (Å²) in [5.74, 6) is -110. The molecule has 0 saturated heterocycles. The Morgan fingerprint density at radius 1 is 0.365 bits per heavy atom. The summed E-state index contributed by atoms with van der Waals surface area (Å²) >= 11 is 0. The van der Waals surface area contributed by atoms with Gasteiger partial charge in [-0.05, 0) is 22.1 Å². The van der Waals surface area contributed by atoms with Gasteiger partial charge in [0.2, 0.25) is 0 Å². The SMILES string of the molecule is CC[N+](F)(CCOP(=O)(O)OCC[N+](F)(CC)S(=O)(=O)C(F)(F)C(F)(F)C(F)(F)C(F)(F)C(F)(F)C(F)(F)C(F)(F)C(F)(F)F)S(=O)(=O)C(F)(F)C(F)(F)C(F)(F)C(F)(F)C(F)(F)C(F)(F)C(F)(F)C(F)(F)F.[NaH]. The predicted molar refractivity (Wildman–Crippen MR) is 162 cm³/mol. The van der Waals surface area contributed by atoms with Crippen LogP contribution >= 0.6 is 7.82 Å². The molecule has 0 saturated carbocycles. The van der Waals surface area contributed by atoms with Crippen LogP contribution in [0.3, 0.4) is 0 Å². The predicted octanol–water partition coefficient (Wildman–Crippen LogP) is 10.5. The van der Waals surface area contributed by atoms with E-state index < -0.39 is 169 Å². The van der Waals surface area contributed by atoms with Gasteiger partial charge in [-0.2, -0.15) is 166 Å². The summed E-state index contributed by atoms with van der Waals surface area (Å²) in [4.78, 5) is 9.47. The Morgan fingerprint density at radius 2 is 0.527 bits per heavy atom. The maximum absolute atomic E-state index is 15.3. The Labute approximate surface area is 405 Å². The first-order valence-corrected chi connectivity index (χ1v) is 21.1. The number of likely N-dealkylation sites (N-methyl/N-ethyl adjacent to an activating group) is 2. The number of nitrogens with zero attached hydrogens (tertiary/aromatic N) is 2. The van der Waals surface area contributed by atoms with Gasteiger partial charge in [0.15, 0.2) is 13.1 Å². The molecule has 442 valence electrons. The zero-order valence-corrected chi connectivity index (χ0v) is 35.8. The van der Waals surface area contributed by atoms with Crippen LogP contribution in [-0.4, -0.2) is 193 Å². The molecule has 0 aliphatic rings. The number of alkyl halides is 34. The maximum atomic E-state index is 15.3. The van der Waals surface area contributed by atoms with E-state index in [9.17, 15) is 176 Å². The van der Waals surface area contributed by atoms with E-state index in [4.69, 9.17) is 0 Å². The summed E-state index contributed by atoms with van der Waals surface area (Å²) in [6.07, 6.45) is -16.4. The second kappa shape index (κ2) is 20.2. The number of sulfonamides is 2. The molecule has 2 unspecified atom stereocenters. The van der Waals surface area contributed by atoms with E-state index >= 15 is 8.96 Å². The van der Waals surface area contributed by atoms with E-state index in [2.05, 4.69) is 9.05 Å². The van der Waals surface area contributed by atoms with Gasteiger partial charge in [0.05, 0.1) is 0 Å². The van der Waals surface area contributed by atoms with Crippen molar-refractivity contribution in [3.8, 4) is 0 Å². The molecular weight excluding hydrogens is 1250 g/mol. The molecule has 0 bridgehead atoms. The van der Waals surface area contributed by atoms with Crippen molar-refractivity contribution < 1.29 is 202 Å². The molecule has 0 aromatic carbocycles. The van der Waals surface area contributed by atoms with Crippen molar-refractivity contribution >= 4 is 57.4 Å². The van der Waals surface area contributed by atoms with Crippen LogP contribution in [-0.2, 0) is 33.7 Å². The minimum absolute atomic E-state index is 0. The molecule has 0 fully saturated rings. The van der Waals surface area contributed by atoms with Crippen molar-refractivity contribution in [3.05, 3.63) is 0 Å². The number of quaternary nitrogens is 2. The number of halogens is 36. The normalized spacial score (nSPS) is 18.6. The van der Waals surface area contributed by atoms with Crippen LogP contribution in [0.15, 0.2) is 0 Å². The van der Waals surface area contributed by atoms with Crippen LogP contribution in [0.4, 0.5) is 158 Å². The topological polar surface area (TPSA) is 124 Å². The summed E-state index contributed by atoms with van der Waals surface area (Å²) in [6, 6.07) is 0. The first-order valence-electron chi connectivity index (χ1n) is 16.7. The molecule has 50 heteroatoms. The van der Waals surface area contributed by atoms with E-state index in [1.807, 2.05) is 0 Å². The van der Waals surface area contributed by atoms with E-state index in [1.54, 1.807) is 0 Å². The molecule has 0 heterocycles. The number of hydrogen-bond donors (Lipinski definition) is 1. The zero-order valence-electron chi connectivity index (χ0n) is 33.3. The minimum atomic E-state index is -9.42. The zero-order chi connectivity index (χ0) is 60.2.